The van der Waals surface area contributed by atoms with Crippen molar-refractivity contribution in [2.45, 2.75) is 20.3 Å². The molecular weight excluding hydrogens is 218 g/mol. The summed E-state index contributed by atoms with van der Waals surface area (Å²) < 4.78 is 0. The van der Waals surface area contributed by atoms with Gasteiger partial charge in [-0.05, 0) is 19.4 Å². The second-order valence-electron chi connectivity index (χ2n) is 3.81. The molecule has 0 saturated heterocycles. The molecule has 1 N–H and O–H groups in total. The van der Waals surface area contributed by atoms with Crippen molar-refractivity contribution >= 4 is 11.3 Å². The molecule has 16 heavy (non-hydrogen) atoms. The van der Waals surface area contributed by atoms with Crippen LogP contribution in [0.25, 0.3) is 10.6 Å². The van der Waals surface area contributed by atoms with Crippen molar-refractivity contribution in [1.82, 2.24) is 4.98 Å². The van der Waals surface area contributed by atoms with Crippen LogP contribution in [-0.2, 0) is 6.42 Å². The van der Waals surface area contributed by atoms with Gasteiger partial charge in [0.25, 0.3) is 0 Å². The second kappa shape index (κ2) is 4.76. The van der Waals surface area contributed by atoms with Crippen LogP contribution >= 0.6 is 11.3 Å². The fourth-order valence-corrected chi connectivity index (χ4v) is 2.74. The predicted octanol–water partition coefficient (Wildman–Crippen LogP) is 2.96. The maximum atomic E-state index is 8.94. The van der Waals surface area contributed by atoms with Gasteiger partial charge in [-0.15, -0.1) is 11.3 Å². The summed E-state index contributed by atoms with van der Waals surface area (Å²) in [5, 5.41) is 10.00. The van der Waals surface area contributed by atoms with Gasteiger partial charge in [-0.25, -0.2) is 4.98 Å². The first-order valence-corrected chi connectivity index (χ1v) is 6.17. The molecule has 0 aliphatic carbocycles. The number of hydrogen-bond acceptors (Lipinski definition) is 3. The van der Waals surface area contributed by atoms with Crippen LogP contribution in [0.3, 0.4) is 0 Å². The third-order valence-electron chi connectivity index (χ3n) is 2.62. The van der Waals surface area contributed by atoms with E-state index >= 15 is 0 Å². The molecule has 0 aliphatic rings. The first kappa shape index (κ1) is 11.3. The summed E-state index contributed by atoms with van der Waals surface area (Å²) in [4.78, 5) is 5.79. The molecule has 0 amide bonds. The summed E-state index contributed by atoms with van der Waals surface area (Å²) in [6.07, 6.45) is 0.647. The second-order valence-corrected chi connectivity index (χ2v) is 5.01. The zero-order valence-electron chi connectivity index (χ0n) is 9.53. The van der Waals surface area contributed by atoms with Gasteiger partial charge < -0.3 is 5.11 Å². The molecule has 0 unspecified atom stereocenters. The van der Waals surface area contributed by atoms with Gasteiger partial charge in [0.1, 0.15) is 5.01 Å². The Morgan fingerprint density at radius 2 is 2.00 bits per heavy atom. The first-order valence-electron chi connectivity index (χ1n) is 5.35. The molecule has 1 aromatic carbocycles. The lowest BCUT2D eigenvalue weighted by Crippen LogP contribution is -1.92. The molecule has 0 radical (unpaired) electrons. The minimum Gasteiger partial charge on any atom is -0.396 e. The van der Waals surface area contributed by atoms with Gasteiger partial charge in [-0.1, -0.05) is 24.3 Å². The van der Waals surface area contributed by atoms with E-state index in [-0.39, 0.29) is 6.61 Å². The SMILES string of the molecule is Cc1ccccc1-c1nc(CCO)c(C)s1. The Hall–Kier alpha value is -1.19. The van der Waals surface area contributed by atoms with Crippen molar-refractivity contribution in [1.29, 1.82) is 0 Å². The van der Waals surface area contributed by atoms with Crippen LogP contribution in [-0.4, -0.2) is 16.7 Å². The molecule has 1 aromatic heterocycles. The largest absolute Gasteiger partial charge is 0.396 e. The average Bonchev–Trinajstić information content (AvgIpc) is 2.61. The number of nitrogens with zero attached hydrogens (tertiary/aromatic N) is 1. The highest BCUT2D eigenvalue weighted by molar-refractivity contribution is 7.15. The van der Waals surface area contributed by atoms with Gasteiger partial charge in [0.05, 0.1) is 5.69 Å². The quantitative estimate of drug-likeness (QED) is 0.884. The summed E-state index contributed by atoms with van der Waals surface area (Å²) in [6, 6.07) is 8.26. The number of aliphatic hydroxyl groups excluding tert-OH is 1. The maximum absolute atomic E-state index is 8.94. The van der Waals surface area contributed by atoms with Gasteiger partial charge in [0, 0.05) is 23.5 Å². The highest BCUT2D eigenvalue weighted by Gasteiger charge is 2.10. The van der Waals surface area contributed by atoms with Crippen molar-refractivity contribution in [2.24, 2.45) is 0 Å². The third-order valence-corrected chi connectivity index (χ3v) is 3.66. The molecular formula is C13H15NOS. The number of aliphatic hydroxyl groups is 1. The van der Waals surface area contributed by atoms with Crippen molar-refractivity contribution in [3.8, 4) is 10.6 Å². The number of aromatic nitrogens is 1. The van der Waals surface area contributed by atoms with E-state index in [2.05, 4.69) is 31.0 Å². The molecule has 0 saturated carbocycles. The number of thiazole rings is 1. The summed E-state index contributed by atoms with van der Waals surface area (Å²) >= 11 is 1.70. The topological polar surface area (TPSA) is 33.1 Å². The number of hydrogen-bond donors (Lipinski definition) is 1. The Balaban J connectivity index is 2.42. The maximum Gasteiger partial charge on any atom is 0.124 e. The fraction of sp³-hybridized carbons (Fsp3) is 0.308. The molecule has 0 aliphatic heterocycles. The van der Waals surface area contributed by atoms with Gasteiger partial charge >= 0.3 is 0 Å². The molecule has 2 nitrogen and oxygen atoms in total. The van der Waals surface area contributed by atoms with E-state index in [1.165, 1.54) is 16.0 Å². The van der Waals surface area contributed by atoms with Crippen LogP contribution in [0.15, 0.2) is 24.3 Å². The standard InChI is InChI=1S/C13H15NOS/c1-9-5-3-4-6-11(9)13-14-12(7-8-15)10(2)16-13/h3-6,15H,7-8H2,1-2H3. The Labute approximate surface area is 99.6 Å². The Morgan fingerprint density at radius 1 is 1.25 bits per heavy atom. The summed E-state index contributed by atoms with van der Waals surface area (Å²) in [6.45, 7) is 4.32. The normalized spacial score (nSPS) is 10.7. The van der Waals surface area contributed by atoms with Crippen LogP contribution < -0.4 is 0 Å². The van der Waals surface area contributed by atoms with Crippen LogP contribution in [0.2, 0.25) is 0 Å². The summed E-state index contributed by atoms with van der Waals surface area (Å²) in [5.41, 5.74) is 3.46. The predicted molar refractivity (Wildman–Crippen MR) is 67.8 cm³/mol. The Morgan fingerprint density at radius 3 is 2.69 bits per heavy atom. The molecule has 0 spiro atoms. The highest BCUT2D eigenvalue weighted by Crippen LogP contribution is 2.29. The first-order chi connectivity index (χ1) is 7.72. The molecule has 0 atom stereocenters. The van der Waals surface area contributed by atoms with Gasteiger partial charge in [0.15, 0.2) is 0 Å². The fourth-order valence-electron chi connectivity index (χ4n) is 1.69. The van der Waals surface area contributed by atoms with E-state index in [1.807, 2.05) is 12.1 Å². The monoisotopic (exact) mass is 233 g/mol. The number of aryl methyl sites for hydroxylation is 2. The van der Waals surface area contributed by atoms with Gasteiger partial charge in [-0.2, -0.15) is 0 Å². The van der Waals surface area contributed by atoms with Crippen molar-refractivity contribution in [3.63, 3.8) is 0 Å². The third kappa shape index (κ3) is 2.15. The molecule has 3 heteroatoms. The van der Waals surface area contributed by atoms with Crippen LogP contribution in [0.5, 0.6) is 0 Å². The molecule has 2 rings (SSSR count). The summed E-state index contributed by atoms with van der Waals surface area (Å²) in [7, 11) is 0. The molecule has 0 bridgehead atoms. The smallest absolute Gasteiger partial charge is 0.124 e. The highest BCUT2D eigenvalue weighted by atomic mass is 32.1. The van der Waals surface area contributed by atoms with Gasteiger partial charge in [0.2, 0.25) is 0 Å². The van der Waals surface area contributed by atoms with Crippen LogP contribution in [0.4, 0.5) is 0 Å². The molecule has 1 heterocycles. The minimum absolute atomic E-state index is 0.164. The van der Waals surface area contributed by atoms with E-state index in [1.54, 1.807) is 11.3 Å². The lowest BCUT2D eigenvalue weighted by Gasteiger charge is -2.00. The lowest BCUT2D eigenvalue weighted by atomic mass is 10.1. The van der Waals surface area contributed by atoms with E-state index in [0.717, 1.165) is 10.7 Å². The number of benzene rings is 1. The zero-order valence-corrected chi connectivity index (χ0v) is 10.3. The van der Waals surface area contributed by atoms with Crippen LogP contribution in [0.1, 0.15) is 16.1 Å². The minimum atomic E-state index is 0.164. The van der Waals surface area contributed by atoms with Crippen molar-refractivity contribution in [2.75, 3.05) is 6.61 Å². The van der Waals surface area contributed by atoms with E-state index < -0.39 is 0 Å². The van der Waals surface area contributed by atoms with Gasteiger partial charge in [-0.3, -0.25) is 0 Å². The molecule has 2 aromatic rings. The van der Waals surface area contributed by atoms with E-state index in [0.29, 0.717) is 6.42 Å². The number of rotatable bonds is 3. The molecule has 84 valence electrons. The van der Waals surface area contributed by atoms with E-state index in [9.17, 15) is 0 Å². The Bertz CT molecular complexity index is 490. The van der Waals surface area contributed by atoms with Crippen molar-refractivity contribution < 1.29 is 5.11 Å². The molecule has 0 fully saturated rings. The Kier molecular flexibility index (Phi) is 3.36. The summed E-state index contributed by atoms with van der Waals surface area (Å²) in [5.74, 6) is 0. The van der Waals surface area contributed by atoms with E-state index in [4.69, 9.17) is 5.11 Å². The lowest BCUT2D eigenvalue weighted by molar-refractivity contribution is 0.298. The van der Waals surface area contributed by atoms with Crippen LogP contribution in [0, 0.1) is 13.8 Å². The zero-order chi connectivity index (χ0) is 11.5. The average molecular weight is 233 g/mol. The van der Waals surface area contributed by atoms with Crippen molar-refractivity contribution in [3.05, 3.63) is 40.4 Å².